The van der Waals surface area contributed by atoms with Crippen LogP contribution >= 0.6 is 0 Å². The van der Waals surface area contributed by atoms with Gasteiger partial charge in [0.25, 0.3) is 5.91 Å². The Bertz CT molecular complexity index is 853. The van der Waals surface area contributed by atoms with Gasteiger partial charge in [-0.05, 0) is 55.7 Å². The van der Waals surface area contributed by atoms with Crippen LogP contribution in [0.25, 0.3) is 0 Å². The lowest BCUT2D eigenvalue weighted by atomic mass is 10.1. The lowest BCUT2D eigenvalue weighted by Gasteiger charge is -2.15. The summed E-state index contributed by atoms with van der Waals surface area (Å²) in [6.45, 7) is 5.06. The number of nitrogens with zero attached hydrogens (tertiary/aromatic N) is 1. The van der Waals surface area contributed by atoms with Crippen molar-refractivity contribution in [1.29, 1.82) is 5.26 Å². The maximum Gasteiger partial charge on any atom is 0.347 e. The van der Waals surface area contributed by atoms with Gasteiger partial charge in [0.2, 0.25) is 0 Å². The molecule has 0 aliphatic carbocycles. The highest BCUT2D eigenvalue weighted by molar-refractivity contribution is 5.94. The number of rotatable bonds is 7. The Morgan fingerprint density at radius 1 is 1.19 bits per heavy atom. The molecule has 6 nitrogen and oxygen atoms in total. The molecule has 6 heteroatoms. The average molecular weight is 366 g/mol. The summed E-state index contributed by atoms with van der Waals surface area (Å²) in [4.78, 5) is 24.2. The van der Waals surface area contributed by atoms with Crippen molar-refractivity contribution in [2.45, 2.75) is 33.3 Å². The molecule has 0 aliphatic heterocycles. The summed E-state index contributed by atoms with van der Waals surface area (Å²) < 4.78 is 10.5. The van der Waals surface area contributed by atoms with Crippen molar-refractivity contribution in [3.63, 3.8) is 0 Å². The number of benzene rings is 2. The number of aryl methyl sites for hydroxylation is 2. The first-order chi connectivity index (χ1) is 12.9. The monoisotopic (exact) mass is 366 g/mol. The summed E-state index contributed by atoms with van der Waals surface area (Å²) in [5.41, 5.74) is 3.22. The number of hydrogen-bond donors (Lipinski definition) is 1. The van der Waals surface area contributed by atoms with Gasteiger partial charge < -0.3 is 14.8 Å². The molecule has 0 unspecified atom stereocenters. The number of carbonyl (C=O) groups excluding carboxylic acids is 2. The van der Waals surface area contributed by atoms with E-state index >= 15 is 0 Å². The number of carbonyl (C=O) groups is 2. The van der Waals surface area contributed by atoms with Gasteiger partial charge in [0.1, 0.15) is 5.75 Å². The van der Waals surface area contributed by atoms with Crippen LogP contribution in [-0.2, 0) is 20.7 Å². The van der Waals surface area contributed by atoms with Crippen LogP contribution in [0.1, 0.15) is 30.5 Å². The number of anilines is 1. The minimum atomic E-state index is -0.879. The van der Waals surface area contributed by atoms with Gasteiger partial charge in [-0.1, -0.05) is 25.1 Å². The Labute approximate surface area is 158 Å². The van der Waals surface area contributed by atoms with Gasteiger partial charge in [-0.3, -0.25) is 4.79 Å². The van der Waals surface area contributed by atoms with E-state index in [1.165, 1.54) is 6.92 Å². The van der Waals surface area contributed by atoms with Crippen molar-refractivity contribution < 1.29 is 19.1 Å². The molecule has 2 rings (SSSR count). The van der Waals surface area contributed by atoms with Crippen molar-refractivity contribution in [3.05, 3.63) is 59.2 Å². The lowest BCUT2D eigenvalue weighted by molar-refractivity contribution is -0.153. The predicted octanol–water partition coefficient (Wildman–Crippen LogP) is 3.38. The van der Waals surface area contributed by atoms with E-state index in [-0.39, 0.29) is 0 Å². The molecule has 2 aromatic rings. The second kappa shape index (κ2) is 9.39. The Morgan fingerprint density at radius 3 is 2.52 bits per heavy atom. The summed E-state index contributed by atoms with van der Waals surface area (Å²) in [5.74, 6) is -0.608. The Morgan fingerprint density at radius 2 is 1.89 bits per heavy atom. The molecule has 0 heterocycles. The standard InChI is InChI=1S/C21H22N2O4/c1-4-17-7-5-6-14(2)20(17)23-19(24)13-26-21(25)15(3)27-18-10-8-16(12-22)9-11-18/h5-11,15H,4,13H2,1-3H3,(H,23,24)/t15-/m0/s1. The highest BCUT2D eigenvalue weighted by Gasteiger charge is 2.18. The molecule has 0 spiro atoms. The first-order valence-electron chi connectivity index (χ1n) is 8.66. The van der Waals surface area contributed by atoms with Gasteiger partial charge in [0, 0.05) is 5.69 Å². The lowest BCUT2D eigenvalue weighted by Crippen LogP contribution is -2.30. The molecule has 27 heavy (non-hydrogen) atoms. The van der Waals surface area contributed by atoms with Crippen molar-refractivity contribution in [1.82, 2.24) is 0 Å². The summed E-state index contributed by atoms with van der Waals surface area (Å²) >= 11 is 0. The summed E-state index contributed by atoms with van der Waals surface area (Å²) in [6.07, 6.45) is -0.0950. The zero-order valence-corrected chi connectivity index (χ0v) is 15.6. The number of nitrogens with one attached hydrogen (secondary N) is 1. The Balaban J connectivity index is 1.87. The first-order valence-corrected chi connectivity index (χ1v) is 8.66. The number of amides is 1. The summed E-state index contributed by atoms with van der Waals surface area (Å²) in [6, 6.07) is 14.2. The number of ether oxygens (including phenoxy) is 2. The second-order valence-electron chi connectivity index (χ2n) is 6.01. The third-order valence-corrected chi connectivity index (χ3v) is 3.98. The third kappa shape index (κ3) is 5.58. The predicted molar refractivity (Wildman–Crippen MR) is 101 cm³/mol. The van der Waals surface area contributed by atoms with E-state index in [4.69, 9.17) is 14.7 Å². The normalized spacial score (nSPS) is 11.2. The van der Waals surface area contributed by atoms with Crippen molar-refractivity contribution in [2.24, 2.45) is 0 Å². The molecular weight excluding hydrogens is 344 g/mol. The van der Waals surface area contributed by atoms with Crippen LogP contribution in [0, 0.1) is 18.3 Å². The van der Waals surface area contributed by atoms with Gasteiger partial charge in [0.15, 0.2) is 12.7 Å². The van der Waals surface area contributed by atoms with E-state index in [2.05, 4.69) is 5.32 Å². The highest BCUT2D eigenvalue weighted by Crippen LogP contribution is 2.21. The molecule has 0 fully saturated rings. The molecule has 140 valence electrons. The average Bonchev–Trinajstić information content (AvgIpc) is 2.68. The van der Waals surface area contributed by atoms with E-state index in [0.717, 1.165) is 23.2 Å². The van der Waals surface area contributed by atoms with Crippen molar-refractivity contribution in [3.8, 4) is 11.8 Å². The van der Waals surface area contributed by atoms with E-state index < -0.39 is 24.6 Å². The quantitative estimate of drug-likeness (QED) is 0.759. The molecule has 0 radical (unpaired) electrons. The zero-order valence-electron chi connectivity index (χ0n) is 15.6. The molecule has 1 amide bonds. The van der Waals surface area contributed by atoms with Crippen LogP contribution in [0.5, 0.6) is 5.75 Å². The minimum Gasteiger partial charge on any atom is -0.479 e. The second-order valence-corrected chi connectivity index (χ2v) is 6.01. The fourth-order valence-electron chi connectivity index (χ4n) is 2.49. The SMILES string of the molecule is CCc1cccc(C)c1NC(=O)COC(=O)[C@H](C)Oc1ccc(C#N)cc1. The fourth-order valence-corrected chi connectivity index (χ4v) is 2.49. The van der Waals surface area contributed by atoms with Crippen LogP contribution in [0.2, 0.25) is 0 Å². The number of hydrogen-bond acceptors (Lipinski definition) is 5. The van der Waals surface area contributed by atoms with Crippen molar-refractivity contribution in [2.75, 3.05) is 11.9 Å². The smallest absolute Gasteiger partial charge is 0.347 e. The van der Waals surface area contributed by atoms with Gasteiger partial charge in [0.05, 0.1) is 11.6 Å². The minimum absolute atomic E-state index is 0.391. The molecule has 0 aromatic heterocycles. The van der Waals surface area contributed by atoms with Crippen LogP contribution in [0.3, 0.4) is 0 Å². The van der Waals surface area contributed by atoms with E-state index in [1.807, 2.05) is 38.1 Å². The first kappa shape index (κ1) is 20.0. The molecule has 0 saturated heterocycles. The molecule has 0 bridgehead atoms. The van der Waals surface area contributed by atoms with Crippen molar-refractivity contribution >= 4 is 17.6 Å². The van der Waals surface area contributed by atoms with Gasteiger partial charge in [-0.15, -0.1) is 0 Å². The maximum atomic E-state index is 12.1. The molecular formula is C21H22N2O4. The van der Waals surface area contributed by atoms with E-state index in [0.29, 0.717) is 11.3 Å². The van der Waals surface area contributed by atoms with Crippen LogP contribution in [-0.4, -0.2) is 24.6 Å². The summed E-state index contributed by atoms with van der Waals surface area (Å²) in [7, 11) is 0. The number of esters is 1. The molecule has 0 saturated carbocycles. The van der Waals surface area contributed by atoms with E-state index in [9.17, 15) is 9.59 Å². The molecule has 1 N–H and O–H groups in total. The zero-order chi connectivity index (χ0) is 19.8. The topological polar surface area (TPSA) is 88.4 Å². The number of nitriles is 1. The summed E-state index contributed by atoms with van der Waals surface area (Å²) in [5, 5.41) is 11.6. The third-order valence-electron chi connectivity index (χ3n) is 3.98. The molecule has 0 aliphatic rings. The fraction of sp³-hybridized carbons (Fsp3) is 0.286. The van der Waals surface area contributed by atoms with Crippen LogP contribution < -0.4 is 10.1 Å². The van der Waals surface area contributed by atoms with Crippen LogP contribution in [0.4, 0.5) is 5.69 Å². The largest absolute Gasteiger partial charge is 0.479 e. The molecule has 1 atom stereocenters. The number of para-hydroxylation sites is 1. The van der Waals surface area contributed by atoms with E-state index in [1.54, 1.807) is 24.3 Å². The van der Waals surface area contributed by atoms with Gasteiger partial charge in [-0.2, -0.15) is 5.26 Å². The van der Waals surface area contributed by atoms with Gasteiger partial charge in [-0.25, -0.2) is 4.79 Å². The maximum absolute atomic E-state index is 12.1. The highest BCUT2D eigenvalue weighted by atomic mass is 16.6. The van der Waals surface area contributed by atoms with Gasteiger partial charge >= 0.3 is 5.97 Å². The Kier molecular flexibility index (Phi) is 6.95. The molecule has 2 aromatic carbocycles. The Hall–Kier alpha value is -3.33. The van der Waals surface area contributed by atoms with Crippen LogP contribution in [0.15, 0.2) is 42.5 Å².